The number of carbonyl (C=O) groups is 1. The molecular formula is C19H21N3O2. The third kappa shape index (κ3) is 2.99. The molecular weight excluding hydrogens is 302 g/mol. The molecule has 1 saturated heterocycles. The first-order valence-corrected chi connectivity index (χ1v) is 8.40. The predicted molar refractivity (Wildman–Crippen MR) is 90.9 cm³/mol. The lowest BCUT2D eigenvalue weighted by atomic mass is 9.88. The fourth-order valence-electron chi connectivity index (χ4n) is 3.50. The highest BCUT2D eigenvalue weighted by Crippen LogP contribution is 2.30. The van der Waals surface area contributed by atoms with E-state index in [0.29, 0.717) is 17.9 Å². The lowest BCUT2D eigenvalue weighted by molar-refractivity contribution is 0.0708. The summed E-state index contributed by atoms with van der Waals surface area (Å²) in [7, 11) is 0. The van der Waals surface area contributed by atoms with Crippen LogP contribution in [0.5, 0.6) is 5.75 Å². The topological polar surface area (TPSA) is 54.5 Å². The Morgan fingerprint density at radius 1 is 1.17 bits per heavy atom. The van der Waals surface area contributed by atoms with Crippen molar-refractivity contribution in [1.82, 2.24) is 15.2 Å². The monoisotopic (exact) mass is 323 g/mol. The Hall–Kier alpha value is -2.40. The zero-order valence-corrected chi connectivity index (χ0v) is 13.6. The third-order valence-corrected chi connectivity index (χ3v) is 4.96. The van der Waals surface area contributed by atoms with Gasteiger partial charge < -0.3 is 10.1 Å². The summed E-state index contributed by atoms with van der Waals surface area (Å²) in [6.45, 7) is 3.32. The Bertz CT molecular complexity index is 724. The minimum atomic E-state index is -0.262. The molecule has 0 radical (unpaired) electrons. The lowest BCUT2D eigenvalue weighted by Crippen LogP contribution is -2.57. The first kappa shape index (κ1) is 15.1. The minimum Gasteiger partial charge on any atom is -0.490 e. The van der Waals surface area contributed by atoms with Crippen molar-refractivity contribution in [2.75, 3.05) is 19.7 Å². The zero-order valence-electron chi connectivity index (χ0n) is 13.6. The fourth-order valence-corrected chi connectivity index (χ4v) is 3.50. The molecule has 1 fully saturated rings. The van der Waals surface area contributed by atoms with Crippen LogP contribution in [-0.4, -0.2) is 41.0 Å². The van der Waals surface area contributed by atoms with Crippen LogP contribution in [0, 0.1) is 0 Å². The Balaban J connectivity index is 1.43. The number of fused-ring (bicyclic) bond motifs is 1. The van der Waals surface area contributed by atoms with E-state index in [1.807, 2.05) is 36.5 Å². The number of rotatable bonds is 2. The smallest absolute Gasteiger partial charge is 0.255 e. The number of carbonyl (C=O) groups excluding carboxylic acids is 1. The van der Waals surface area contributed by atoms with E-state index < -0.39 is 0 Å². The number of pyridine rings is 1. The second-order valence-corrected chi connectivity index (χ2v) is 6.66. The zero-order chi connectivity index (χ0) is 16.4. The maximum atomic E-state index is 12.5. The van der Waals surface area contributed by atoms with Crippen LogP contribution < -0.4 is 10.1 Å². The number of nitrogens with zero attached hydrogens (tertiary/aromatic N) is 2. The van der Waals surface area contributed by atoms with Gasteiger partial charge in [0.15, 0.2) is 0 Å². The average molecular weight is 323 g/mol. The van der Waals surface area contributed by atoms with Gasteiger partial charge in [-0.25, -0.2) is 0 Å². The Morgan fingerprint density at radius 3 is 2.79 bits per heavy atom. The SMILES string of the molecule is O=C1NC2(CCN(Cc3cccnc3)CC2)COc2ccccc21. The number of piperidine rings is 1. The van der Waals surface area contributed by atoms with Crippen molar-refractivity contribution in [1.29, 1.82) is 0 Å². The molecule has 3 heterocycles. The molecule has 2 aliphatic heterocycles. The van der Waals surface area contributed by atoms with Crippen molar-refractivity contribution >= 4 is 5.91 Å². The number of hydrogen-bond donors (Lipinski definition) is 1. The van der Waals surface area contributed by atoms with Gasteiger partial charge in [-0.3, -0.25) is 14.7 Å². The van der Waals surface area contributed by atoms with Crippen molar-refractivity contribution in [3.8, 4) is 5.75 Å². The minimum absolute atomic E-state index is 0.0243. The van der Waals surface area contributed by atoms with Crippen molar-refractivity contribution in [2.45, 2.75) is 24.9 Å². The molecule has 124 valence electrons. The van der Waals surface area contributed by atoms with Crippen LogP contribution in [0.15, 0.2) is 48.8 Å². The van der Waals surface area contributed by atoms with E-state index >= 15 is 0 Å². The van der Waals surface area contributed by atoms with Gasteiger partial charge in [-0.2, -0.15) is 0 Å². The van der Waals surface area contributed by atoms with E-state index in [4.69, 9.17) is 4.74 Å². The third-order valence-electron chi connectivity index (χ3n) is 4.96. The van der Waals surface area contributed by atoms with Crippen LogP contribution in [0.3, 0.4) is 0 Å². The Kier molecular flexibility index (Phi) is 3.94. The van der Waals surface area contributed by atoms with Crippen molar-refractivity contribution in [3.05, 3.63) is 59.9 Å². The molecule has 1 aromatic heterocycles. The number of hydrogen-bond acceptors (Lipinski definition) is 4. The summed E-state index contributed by atoms with van der Waals surface area (Å²) < 4.78 is 5.95. The second-order valence-electron chi connectivity index (χ2n) is 6.66. The fraction of sp³-hybridized carbons (Fsp3) is 0.368. The molecule has 1 spiro atoms. The number of benzene rings is 1. The first-order valence-electron chi connectivity index (χ1n) is 8.40. The number of para-hydroxylation sites is 1. The molecule has 24 heavy (non-hydrogen) atoms. The van der Waals surface area contributed by atoms with Crippen LogP contribution in [0.1, 0.15) is 28.8 Å². The van der Waals surface area contributed by atoms with Gasteiger partial charge in [0.1, 0.15) is 12.4 Å². The molecule has 0 saturated carbocycles. The number of ether oxygens (including phenoxy) is 1. The summed E-state index contributed by atoms with van der Waals surface area (Å²) in [6.07, 6.45) is 5.50. The first-order chi connectivity index (χ1) is 11.7. The standard InChI is InChI=1S/C19H21N3O2/c23-18-16-5-1-2-6-17(16)24-14-19(21-18)7-10-22(11-8-19)13-15-4-3-9-20-12-15/h1-6,9,12H,7-8,10-11,13-14H2,(H,21,23). The van der Waals surface area contributed by atoms with Gasteiger partial charge in [0, 0.05) is 32.0 Å². The van der Waals surface area contributed by atoms with Gasteiger partial charge in [-0.1, -0.05) is 18.2 Å². The van der Waals surface area contributed by atoms with Crippen molar-refractivity contribution in [3.63, 3.8) is 0 Å². The van der Waals surface area contributed by atoms with E-state index in [0.717, 1.165) is 32.5 Å². The molecule has 1 N–H and O–H groups in total. The molecule has 1 amide bonds. The average Bonchev–Trinajstić information content (AvgIpc) is 2.76. The number of amides is 1. The molecule has 5 nitrogen and oxygen atoms in total. The Labute approximate surface area is 141 Å². The summed E-state index contributed by atoms with van der Waals surface area (Å²) in [6, 6.07) is 11.5. The molecule has 2 aromatic rings. The van der Waals surface area contributed by atoms with Crippen LogP contribution >= 0.6 is 0 Å². The van der Waals surface area contributed by atoms with Crippen LogP contribution in [-0.2, 0) is 6.54 Å². The molecule has 0 unspecified atom stereocenters. The molecule has 1 aromatic carbocycles. The number of aromatic nitrogens is 1. The molecule has 0 aliphatic carbocycles. The van der Waals surface area contributed by atoms with Gasteiger partial charge in [-0.05, 0) is 36.6 Å². The van der Waals surface area contributed by atoms with E-state index in [1.165, 1.54) is 5.56 Å². The summed E-state index contributed by atoms with van der Waals surface area (Å²) in [4.78, 5) is 19.1. The van der Waals surface area contributed by atoms with Crippen LogP contribution in [0.25, 0.3) is 0 Å². The van der Waals surface area contributed by atoms with Crippen molar-refractivity contribution < 1.29 is 9.53 Å². The summed E-state index contributed by atoms with van der Waals surface area (Å²) in [5.74, 6) is 0.661. The van der Waals surface area contributed by atoms with E-state index in [2.05, 4.69) is 21.3 Å². The summed E-state index contributed by atoms with van der Waals surface area (Å²) >= 11 is 0. The van der Waals surface area contributed by atoms with Gasteiger partial charge in [0.2, 0.25) is 0 Å². The van der Waals surface area contributed by atoms with Crippen LogP contribution in [0.2, 0.25) is 0 Å². The predicted octanol–water partition coefficient (Wildman–Crippen LogP) is 2.24. The second kappa shape index (κ2) is 6.24. The van der Waals surface area contributed by atoms with E-state index in [-0.39, 0.29) is 11.4 Å². The van der Waals surface area contributed by atoms with Gasteiger partial charge in [0.05, 0.1) is 11.1 Å². The normalized spacial score (nSPS) is 19.9. The molecule has 0 bridgehead atoms. The van der Waals surface area contributed by atoms with Gasteiger partial charge >= 0.3 is 0 Å². The summed E-state index contributed by atoms with van der Waals surface area (Å²) in [5.41, 5.74) is 1.59. The van der Waals surface area contributed by atoms with E-state index in [9.17, 15) is 4.79 Å². The Morgan fingerprint density at radius 2 is 2.00 bits per heavy atom. The van der Waals surface area contributed by atoms with Gasteiger partial charge in [-0.15, -0.1) is 0 Å². The van der Waals surface area contributed by atoms with Crippen LogP contribution in [0.4, 0.5) is 0 Å². The molecule has 2 aliphatic rings. The highest BCUT2D eigenvalue weighted by molar-refractivity contribution is 5.97. The van der Waals surface area contributed by atoms with Crippen molar-refractivity contribution in [2.24, 2.45) is 0 Å². The quantitative estimate of drug-likeness (QED) is 0.921. The maximum Gasteiger partial charge on any atom is 0.255 e. The summed E-state index contributed by atoms with van der Waals surface area (Å²) in [5, 5.41) is 3.23. The number of likely N-dealkylation sites (tertiary alicyclic amines) is 1. The molecule has 5 heteroatoms. The number of nitrogens with one attached hydrogen (secondary N) is 1. The maximum absolute atomic E-state index is 12.5. The van der Waals surface area contributed by atoms with E-state index in [1.54, 1.807) is 6.20 Å². The molecule has 0 atom stereocenters. The highest BCUT2D eigenvalue weighted by Gasteiger charge is 2.39. The van der Waals surface area contributed by atoms with Gasteiger partial charge in [0.25, 0.3) is 5.91 Å². The molecule has 4 rings (SSSR count). The largest absolute Gasteiger partial charge is 0.490 e. The highest BCUT2D eigenvalue weighted by atomic mass is 16.5. The lowest BCUT2D eigenvalue weighted by Gasteiger charge is -2.41.